The molecule has 150 valence electrons. The topological polar surface area (TPSA) is 56.7 Å². The van der Waals surface area contributed by atoms with Crippen LogP contribution in [0.5, 0.6) is 0 Å². The summed E-state index contributed by atoms with van der Waals surface area (Å²) in [6.07, 6.45) is 1.06. The molecule has 1 saturated heterocycles. The molecule has 1 atom stereocenters. The number of aliphatic imine (C=N–C) groups is 1. The summed E-state index contributed by atoms with van der Waals surface area (Å²) in [5.41, 5.74) is 1.77. The van der Waals surface area contributed by atoms with E-state index in [2.05, 4.69) is 44.8 Å². The molecule has 7 heteroatoms. The van der Waals surface area contributed by atoms with Crippen molar-refractivity contribution in [2.24, 2.45) is 4.99 Å². The summed E-state index contributed by atoms with van der Waals surface area (Å²) in [4.78, 5) is 18.8. The number of benzene rings is 2. The summed E-state index contributed by atoms with van der Waals surface area (Å²) in [5, 5.41) is 5.93. The maximum Gasteiger partial charge on any atom is 0.246 e. The molecule has 5 nitrogen and oxygen atoms in total. The zero-order chi connectivity index (χ0) is 19.1. The van der Waals surface area contributed by atoms with Gasteiger partial charge in [0.05, 0.1) is 0 Å². The van der Waals surface area contributed by atoms with Crippen molar-refractivity contribution in [1.29, 1.82) is 0 Å². The molecule has 2 aromatic carbocycles. The summed E-state index contributed by atoms with van der Waals surface area (Å²) in [7, 11) is 0. The number of guanidine groups is 1. The Morgan fingerprint density at radius 1 is 1.21 bits per heavy atom. The van der Waals surface area contributed by atoms with E-state index < -0.39 is 0 Å². The van der Waals surface area contributed by atoms with E-state index in [0.717, 1.165) is 32.0 Å². The number of nitrogens with zero attached hydrogens (tertiary/aromatic N) is 2. The zero-order valence-electron chi connectivity index (χ0n) is 15.9. The lowest BCUT2D eigenvalue weighted by Crippen LogP contribution is -2.40. The second kappa shape index (κ2) is 11.0. The fourth-order valence-electron chi connectivity index (χ4n) is 3.29. The number of rotatable bonds is 5. The van der Waals surface area contributed by atoms with Crippen LogP contribution in [-0.2, 0) is 4.79 Å². The van der Waals surface area contributed by atoms with Gasteiger partial charge in [0.25, 0.3) is 0 Å². The van der Waals surface area contributed by atoms with Gasteiger partial charge in [0.15, 0.2) is 5.96 Å². The minimum atomic E-state index is -0.381. The number of hydrogen-bond donors (Lipinski definition) is 2. The van der Waals surface area contributed by atoms with Crippen molar-refractivity contribution in [1.82, 2.24) is 10.2 Å². The molecular formula is C21H26FIN4O. The average molecular weight is 496 g/mol. The van der Waals surface area contributed by atoms with Crippen molar-refractivity contribution in [2.45, 2.75) is 19.3 Å². The number of likely N-dealkylation sites (tertiary alicyclic amines) is 1. The first-order valence-corrected chi connectivity index (χ1v) is 9.29. The molecule has 3 rings (SSSR count). The van der Waals surface area contributed by atoms with E-state index in [9.17, 15) is 9.18 Å². The number of halogens is 2. The smallest absolute Gasteiger partial charge is 0.246 e. The van der Waals surface area contributed by atoms with Crippen LogP contribution in [0.25, 0.3) is 0 Å². The standard InChI is InChI=1S/C21H25FN4O.HI/c1-2-23-21(24-14-20(27)25-19-10-6-9-18(22)13-19)26-12-11-17(15-26)16-7-4-3-5-8-16;/h3-10,13,17H,2,11-12,14-15H2,1H3,(H,23,24)(H,25,27);1H. The lowest BCUT2D eigenvalue weighted by atomic mass is 9.99. The van der Waals surface area contributed by atoms with Gasteiger partial charge in [-0.15, -0.1) is 24.0 Å². The molecular weight excluding hydrogens is 470 g/mol. The Morgan fingerprint density at radius 2 is 2.00 bits per heavy atom. The van der Waals surface area contributed by atoms with Crippen LogP contribution in [-0.4, -0.2) is 42.9 Å². The highest BCUT2D eigenvalue weighted by atomic mass is 127. The highest BCUT2D eigenvalue weighted by Crippen LogP contribution is 2.26. The molecule has 0 saturated carbocycles. The van der Waals surface area contributed by atoms with Crippen LogP contribution in [0.3, 0.4) is 0 Å². The monoisotopic (exact) mass is 496 g/mol. The molecule has 2 aromatic rings. The van der Waals surface area contributed by atoms with Gasteiger partial charge in [0.1, 0.15) is 12.4 Å². The summed E-state index contributed by atoms with van der Waals surface area (Å²) < 4.78 is 13.2. The molecule has 0 radical (unpaired) electrons. The predicted molar refractivity (Wildman–Crippen MR) is 122 cm³/mol. The van der Waals surface area contributed by atoms with Gasteiger partial charge in [-0.05, 0) is 37.1 Å². The van der Waals surface area contributed by atoms with E-state index in [0.29, 0.717) is 11.6 Å². The molecule has 1 heterocycles. The normalized spacial score (nSPS) is 16.4. The summed E-state index contributed by atoms with van der Waals surface area (Å²) in [6, 6.07) is 16.3. The minimum absolute atomic E-state index is 0. The van der Waals surface area contributed by atoms with Crippen molar-refractivity contribution < 1.29 is 9.18 Å². The fraction of sp³-hybridized carbons (Fsp3) is 0.333. The Kier molecular flexibility index (Phi) is 8.69. The Balaban J connectivity index is 0.00000280. The molecule has 28 heavy (non-hydrogen) atoms. The second-order valence-corrected chi connectivity index (χ2v) is 6.57. The molecule has 1 fully saturated rings. The molecule has 1 aliphatic heterocycles. The van der Waals surface area contributed by atoms with Crippen molar-refractivity contribution >= 4 is 41.5 Å². The van der Waals surface area contributed by atoms with Crippen LogP contribution in [0.1, 0.15) is 24.8 Å². The van der Waals surface area contributed by atoms with Gasteiger partial charge >= 0.3 is 0 Å². The highest BCUT2D eigenvalue weighted by molar-refractivity contribution is 14.0. The second-order valence-electron chi connectivity index (χ2n) is 6.57. The SMILES string of the molecule is CCNC(=NCC(=O)Nc1cccc(F)c1)N1CCC(c2ccccc2)C1.I. The molecule has 2 N–H and O–H groups in total. The average Bonchev–Trinajstić information content (AvgIpc) is 3.16. The number of carbonyl (C=O) groups is 1. The van der Waals surface area contributed by atoms with Gasteiger partial charge in [-0.25, -0.2) is 9.38 Å². The summed E-state index contributed by atoms with van der Waals surface area (Å²) in [6.45, 7) is 4.51. The number of nitrogens with one attached hydrogen (secondary N) is 2. The third kappa shape index (κ3) is 6.19. The quantitative estimate of drug-likeness (QED) is 0.376. The predicted octanol–water partition coefficient (Wildman–Crippen LogP) is 3.84. The van der Waals surface area contributed by atoms with Gasteiger partial charge < -0.3 is 15.5 Å². The first-order valence-electron chi connectivity index (χ1n) is 9.29. The Bertz CT molecular complexity index is 800. The number of amides is 1. The van der Waals surface area contributed by atoms with E-state index in [1.54, 1.807) is 12.1 Å². The van der Waals surface area contributed by atoms with Gasteiger partial charge in [-0.1, -0.05) is 36.4 Å². The molecule has 0 aromatic heterocycles. The highest BCUT2D eigenvalue weighted by Gasteiger charge is 2.26. The van der Waals surface area contributed by atoms with E-state index in [4.69, 9.17) is 0 Å². The minimum Gasteiger partial charge on any atom is -0.357 e. The van der Waals surface area contributed by atoms with Crippen LogP contribution < -0.4 is 10.6 Å². The third-order valence-corrected chi connectivity index (χ3v) is 4.57. The lowest BCUT2D eigenvalue weighted by molar-refractivity contribution is -0.114. The molecule has 0 bridgehead atoms. The summed E-state index contributed by atoms with van der Waals surface area (Å²) >= 11 is 0. The molecule has 1 aliphatic rings. The van der Waals surface area contributed by atoms with Crippen molar-refractivity contribution in [3.63, 3.8) is 0 Å². The van der Waals surface area contributed by atoms with Crippen molar-refractivity contribution in [3.8, 4) is 0 Å². The maximum absolute atomic E-state index is 13.2. The van der Waals surface area contributed by atoms with Crippen LogP contribution in [0.15, 0.2) is 59.6 Å². The Morgan fingerprint density at radius 3 is 2.71 bits per heavy atom. The summed E-state index contributed by atoms with van der Waals surface area (Å²) in [5.74, 6) is 0.560. The number of hydrogen-bond acceptors (Lipinski definition) is 2. The van der Waals surface area contributed by atoms with E-state index in [1.165, 1.54) is 17.7 Å². The van der Waals surface area contributed by atoms with Gasteiger partial charge in [0, 0.05) is 31.2 Å². The Hall–Kier alpha value is -2.16. The fourth-order valence-corrected chi connectivity index (χ4v) is 3.29. The van der Waals surface area contributed by atoms with Crippen LogP contribution in [0.2, 0.25) is 0 Å². The van der Waals surface area contributed by atoms with Crippen LogP contribution >= 0.6 is 24.0 Å². The lowest BCUT2D eigenvalue weighted by Gasteiger charge is -2.21. The molecule has 1 amide bonds. The van der Waals surface area contributed by atoms with Gasteiger partial charge in [0.2, 0.25) is 5.91 Å². The molecule has 0 aliphatic carbocycles. The van der Waals surface area contributed by atoms with Crippen molar-refractivity contribution in [2.75, 3.05) is 31.5 Å². The van der Waals surface area contributed by atoms with Gasteiger partial charge in [-0.3, -0.25) is 4.79 Å². The largest absolute Gasteiger partial charge is 0.357 e. The Labute approximate surface area is 182 Å². The third-order valence-electron chi connectivity index (χ3n) is 4.57. The molecule has 1 unspecified atom stereocenters. The number of anilines is 1. The van der Waals surface area contributed by atoms with Gasteiger partial charge in [-0.2, -0.15) is 0 Å². The van der Waals surface area contributed by atoms with Crippen LogP contribution in [0.4, 0.5) is 10.1 Å². The van der Waals surface area contributed by atoms with E-state index in [1.807, 2.05) is 13.0 Å². The van der Waals surface area contributed by atoms with Crippen molar-refractivity contribution in [3.05, 3.63) is 66.0 Å². The first kappa shape index (κ1) is 22.1. The van der Waals surface area contributed by atoms with Crippen LogP contribution in [0, 0.1) is 5.82 Å². The zero-order valence-corrected chi connectivity index (χ0v) is 18.2. The molecule has 0 spiro atoms. The van der Waals surface area contributed by atoms with E-state index in [-0.39, 0.29) is 42.2 Å². The first-order chi connectivity index (χ1) is 13.2. The van der Waals surface area contributed by atoms with E-state index >= 15 is 0 Å². The number of carbonyl (C=O) groups excluding carboxylic acids is 1. The maximum atomic E-state index is 13.2.